The van der Waals surface area contributed by atoms with Gasteiger partial charge in [-0.1, -0.05) is 18.2 Å². The second-order valence-corrected chi connectivity index (χ2v) is 9.53. The van der Waals surface area contributed by atoms with Gasteiger partial charge < -0.3 is 19.9 Å². The average Bonchev–Trinajstić information content (AvgIpc) is 3.23. The normalized spacial score (nSPS) is 19.4. The summed E-state index contributed by atoms with van der Waals surface area (Å²) in [5.41, 5.74) is 0.685. The van der Waals surface area contributed by atoms with E-state index in [2.05, 4.69) is 5.32 Å². The van der Waals surface area contributed by atoms with E-state index in [0.29, 0.717) is 55.7 Å². The van der Waals surface area contributed by atoms with Crippen LogP contribution in [-0.4, -0.2) is 64.2 Å². The van der Waals surface area contributed by atoms with Crippen LogP contribution < -0.4 is 10.2 Å². The Labute approximate surface area is 208 Å². The molecule has 2 aliphatic heterocycles. The zero-order valence-corrected chi connectivity index (χ0v) is 20.8. The first-order valence-corrected chi connectivity index (χ1v) is 12.1. The zero-order chi connectivity index (χ0) is 26.2. The Morgan fingerprint density at radius 1 is 1.11 bits per heavy atom. The van der Waals surface area contributed by atoms with Gasteiger partial charge in [-0.3, -0.25) is 9.69 Å². The van der Waals surface area contributed by atoms with Crippen LogP contribution in [0.4, 0.5) is 24.9 Å². The van der Waals surface area contributed by atoms with Crippen molar-refractivity contribution in [2.24, 2.45) is 0 Å². The number of anilines is 2. The first-order valence-electron chi connectivity index (χ1n) is 12.1. The summed E-state index contributed by atoms with van der Waals surface area (Å²) in [5.74, 6) is 0.814. The zero-order valence-electron chi connectivity index (χ0n) is 20.8. The molecule has 4 rings (SSSR count). The maximum atomic E-state index is 13.7. The highest BCUT2D eigenvalue weighted by Crippen LogP contribution is 2.40. The van der Waals surface area contributed by atoms with Gasteiger partial charge in [-0.25, -0.2) is 4.98 Å². The molecule has 1 saturated heterocycles. The van der Waals surface area contributed by atoms with Gasteiger partial charge in [0.25, 0.3) is 0 Å². The molecular formula is C25H31F3N6O2. The van der Waals surface area contributed by atoms with Crippen molar-refractivity contribution in [3.8, 4) is 0 Å². The van der Waals surface area contributed by atoms with Crippen molar-refractivity contribution in [2.45, 2.75) is 58.5 Å². The Balaban J connectivity index is 1.72. The predicted molar refractivity (Wildman–Crippen MR) is 129 cm³/mol. The van der Waals surface area contributed by atoms with Crippen molar-refractivity contribution in [3.05, 3.63) is 46.6 Å². The molecule has 1 amide bonds. The summed E-state index contributed by atoms with van der Waals surface area (Å²) in [6.07, 6.45) is -3.64. The molecule has 8 nitrogen and oxygen atoms in total. The highest BCUT2D eigenvalue weighted by molar-refractivity contribution is 5.73. The number of aldehydes is 1. The molecule has 2 aromatic rings. The number of halogens is 3. The smallest absolute Gasteiger partial charge is 0.363 e. The summed E-state index contributed by atoms with van der Waals surface area (Å²) < 4.78 is 41.0. The summed E-state index contributed by atoms with van der Waals surface area (Å²) >= 11 is 0. The van der Waals surface area contributed by atoms with E-state index >= 15 is 0 Å². The minimum atomic E-state index is -4.49. The summed E-state index contributed by atoms with van der Waals surface area (Å²) in [5, 5.41) is 3.20. The van der Waals surface area contributed by atoms with Gasteiger partial charge in [0, 0.05) is 51.3 Å². The Morgan fingerprint density at radius 2 is 1.78 bits per heavy atom. The number of fused-ring (bicyclic) bond motifs is 1. The molecule has 2 aliphatic rings. The van der Waals surface area contributed by atoms with Crippen LogP contribution >= 0.6 is 0 Å². The molecule has 11 heteroatoms. The van der Waals surface area contributed by atoms with E-state index in [4.69, 9.17) is 9.97 Å². The number of carbonyl (C=O) groups is 2. The van der Waals surface area contributed by atoms with Crippen molar-refractivity contribution >= 4 is 24.0 Å². The lowest BCUT2D eigenvalue weighted by Crippen LogP contribution is -2.48. The number of hydrogen-bond acceptors (Lipinski definition) is 7. The largest absolute Gasteiger partial charge is 0.416 e. The molecule has 1 N–H and O–H groups in total. The van der Waals surface area contributed by atoms with Gasteiger partial charge in [0.1, 0.15) is 18.1 Å². The Morgan fingerprint density at radius 3 is 2.36 bits per heavy atom. The number of rotatable bonds is 6. The van der Waals surface area contributed by atoms with Crippen LogP contribution in [0.25, 0.3) is 0 Å². The Kier molecular flexibility index (Phi) is 7.21. The summed E-state index contributed by atoms with van der Waals surface area (Å²) in [6.45, 7) is 9.63. The fraction of sp³-hybridized carbons (Fsp3) is 0.520. The lowest BCUT2D eigenvalue weighted by atomic mass is 10.0. The minimum Gasteiger partial charge on any atom is -0.363 e. The summed E-state index contributed by atoms with van der Waals surface area (Å²) in [4.78, 5) is 39.0. The quantitative estimate of drug-likeness (QED) is 0.600. The van der Waals surface area contributed by atoms with Gasteiger partial charge >= 0.3 is 6.18 Å². The molecule has 0 aliphatic carbocycles. The number of nitrogens with one attached hydrogen (secondary N) is 1. The van der Waals surface area contributed by atoms with Gasteiger partial charge in [0.05, 0.1) is 17.3 Å². The molecule has 194 valence electrons. The topological polar surface area (TPSA) is 81.7 Å². The third-order valence-corrected chi connectivity index (χ3v) is 6.89. The first kappa shape index (κ1) is 25.9. The van der Waals surface area contributed by atoms with Crippen LogP contribution in [0.2, 0.25) is 0 Å². The van der Waals surface area contributed by atoms with Gasteiger partial charge in [0.2, 0.25) is 11.9 Å². The standard InChI is InChI=1S/C25H31F3N6O2/c1-15(2)34-13-19-22(21(34)14-35)30-24(33-11-9-32(10-12-33)17(4)36)31-23(19)29-16(3)18-7-5-6-8-20(18)25(26,27)28/h5-8,14-16,21H,9-13H2,1-4H3,(H,29,30,31)/t16?,21-/m0/s1. The molecule has 0 saturated carbocycles. The monoisotopic (exact) mass is 504 g/mol. The lowest BCUT2D eigenvalue weighted by Gasteiger charge is -2.34. The number of nitrogens with zero attached hydrogens (tertiary/aromatic N) is 5. The van der Waals surface area contributed by atoms with E-state index in [0.717, 1.165) is 12.4 Å². The molecule has 1 aromatic heterocycles. The second-order valence-electron chi connectivity index (χ2n) is 9.53. The summed E-state index contributed by atoms with van der Waals surface area (Å²) in [6, 6.07) is 4.25. The molecule has 3 heterocycles. The fourth-order valence-electron chi connectivity index (χ4n) is 4.87. The van der Waals surface area contributed by atoms with Gasteiger partial charge in [0.15, 0.2) is 0 Å². The summed E-state index contributed by atoms with van der Waals surface area (Å²) in [7, 11) is 0. The minimum absolute atomic E-state index is 0.00220. The maximum Gasteiger partial charge on any atom is 0.416 e. The third kappa shape index (κ3) is 5.02. The molecule has 1 unspecified atom stereocenters. The number of hydrogen-bond donors (Lipinski definition) is 1. The van der Waals surface area contributed by atoms with Crippen LogP contribution in [0.3, 0.4) is 0 Å². The number of aromatic nitrogens is 2. The van der Waals surface area contributed by atoms with Crippen molar-refractivity contribution < 1.29 is 22.8 Å². The highest BCUT2D eigenvalue weighted by Gasteiger charge is 2.38. The van der Waals surface area contributed by atoms with Crippen molar-refractivity contribution in [3.63, 3.8) is 0 Å². The number of benzene rings is 1. The van der Waals surface area contributed by atoms with Crippen LogP contribution in [0.1, 0.15) is 62.2 Å². The Hall–Kier alpha value is -3.21. The average molecular weight is 505 g/mol. The number of amides is 1. The third-order valence-electron chi connectivity index (χ3n) is 6.89. The van der Waals surface area contributed by atoms with Gasteiger partial charge in [-0.2, -0.15) is 18.2 Å². The SMILES string of the molecule is CC(=O)N1CCN(c2nc(NC(C)c3ccccc3C(F)(F)F)c3c(n2)[C@H](C=O)N(C(C)C)C3)CC1. The molecule has 0 spiro atoms. The highest BCUT2D eigenvalue weighted by atomic mass is 19.4. The second kappa shape index (κ2) is 10.0. The molecular weight excluding hydrogens is 473 g/mol. The molecule has 0 bridgehead atoms. The molecule has 1 aromatic carbocycles. The van der Waals surface area contributed by atoms with E-state index in [1.807, 2.05) is 23.6 Å². The number of carbonyl (C=O) groups excluding carboxylic acids is 2. The lowest BCUT2D eigenvalue weighted by molar-refractivity contribution is -0.138. The van der Waals surface area contributed by atoms with Crippen LogP contribution in [0, 0.1) is 0 Å². The van der Waals surface area contributed by atoms with Crippen molar-refractivity contribution in [2.75, 3.05) is 36.4 Å². The van der Waals surface area contributed by atoms with Gasteiger partial charge in [-0.15, -0.1) is 0 Å². The fourth-order valence-corrected chi connectivity index (χ4v) is 4.87. The van der Waals surface area contributed by atoms with E-state index in [1.54, 1.807) is 17.9 Å². The molecule has 2 atom stereocenters. The van der Waals surface area contributed by atoms with Gasteiger partial charge in [-0.05, 0) is 32.4 Å². The van der Waals surface area contributed by atoms with E-state index < -0.39 is 23.8 Å². The predicted octanol–water partition coefficient (Wildman–Crippen LogP) is 3.80. The molecule has 36 heavy (non-hydrogen) atoms. The van der Waals surface area contributed by atoms with Crippen LogP contribution in [0.5, 0.6) is 0 Å². The van der Waals surface area contributed by atoms with Crippen molar-refractivity contribution in [1.82, 2.24) is 19.8 Å². The van der Waals surface area contributed by atoms with E-state index in [1.165, 1.54) is 19.1 Å². The number of piperazine rings is 1. The first-order chi connectivity index (χ1) is 17.0. The van der Waals surface area contributed by atoms with Crippen molar-refractivity contribution in [1.29, 1.82) is 0 Å². The molecule has 1 fully saturated rings. The number of alkyl halides is 3. The van der Waals surface area contributed by atoms with E-state index in [-0.39, 0.29) is 17.5 Å². The van der Waals surface area contributed by atoms with Crippen LogP contribution in [-0.2, 0) is 22.3 Å². The van der Waals surface area contributed by atoms with Crippen LogP contribution in [0.15, 0.2) is 24.3 Å². The van der Waals surface area contributed by atoms with E-state index in [9.17, 15) is 22.8 Å². The molecule has 0 radical (unpaired) electrons. The maximum absolute atomic E-state index is 13.7. The Bertz CT molecular complexity index is 1130.